The number of nitrogens with one attached hydrogen (secondary N) is 4. The van der Waals surface area contributed by atoms with Crippen molar-refractivity contribution in [2.75, 3.05) is 54.9 Å². The van der Waals surface area contributed by atoms with Gasteiger partial charge in [-0.1, -0.05) is 18.2 Å². The maximum absolute atomic E-state index is 13.1. The molecule has 0 spiro atoms. The molecule has 2 fully saturated rings. The number of ether oxygens (including phenoxy) is 1. The van der Waals surface area contributed by atoms with E-state index in [2.05, 4.69) is 25.9 Å². The first-order valence-corrected chi connectivity index (χ1v) is 15.3. The largest absolute Gasteiger partial charge is 0.378 e. The number of carbonyl (C=O) groups is 3. The Morgan fingerprint density at radius 1 is 0.978 bits per heavy atom. The summed E-state index contributed by atoms with van der Waals surface area (Å²) in [6.07, 6.45) is 3.30. The van der Waals surface area contributed by atoms with Gasteiger partial charge < -0.3 is 35.5 Å². The third-order valence-electron chi connectivity index (χ3n) is 8.13. The van der Waals surface area contributed by atoms with Crippen molar-refractivity contribution in [1.29, 1.82) is 0 Å². The molecule has 2 aliphatic rings. The lowest BCUT2D eigenvalue weighted by atomic mass is 10.1. The van der Waals surface area contributed by atoms with Crippen LogP contribution in [-0.2, 0) is 9.53 Å². The maximum atomic E-state index is 13.1. The van der Waals surface area contributed by atoms with Gasteiger partial charge in [-0.2, -0.15) is 15.0 Å². The summed E-state index contributed by atoms with van der Waals surface area (Å²) in [5, 5.41) is 10.2. The number of amides is 3. The van der Waals surface area contributed by atoms with E-state index < -0.39 is 0 Å². The lowest BCUT2D eigenvalue weighted by molar-refractivity contribution is -0.114. The Bertz CT molecular complexity index is 1880. The van der Waals surface area contributed by atoms with Crippen LogP contribution in [0.4, 0.5) is 23.4 Å². The number of fused-ring (bicyclic) bond motifs is 2. The van der Waals surface area contributed by atoms with Gasteiger partial charge in [0.25, 0.3) is 11.8 Å². The topological polar surface area (TPSA) is 162 Å². The molecule has 5 heterocycles. The second-order valence-corrected chi connectivity index (χ2v) is 11.5. The Labute approximate surface area is 264 Å². The number of rotatable bonds is 7. The number of imidazole rings is 1. The van der Waals surface area contributed by atoms with Crippen molar-refractivity contribution in [2.24, 2.45) is 0 Å². The summed E-state index contributed by atoms with van der Waals surface area (Å²) in [6, 6.07) is 16.7. The predicted octanol–water partition coefficient (Wildman–Crippen LogP) is 3.18. The van der Waals surface area contributed by atoms with Gasteiger partial charge in [-0.25, -0.2) is 0 Å². The molecule has 7 rings (SSSR count). The molecule has 0 aliphatic carbocycles. The molecule has 0 bridgehead atoms. The molecule has 0 radical (unpaired) electrons. The molecule has 4 N–H and O–H groups in total. The molecule has 1 unspecified atom stereocenters. The predicted molar refractivity (Wildman–Crippen MR) is 173 cm³/mol. The number of benzene rings is 2. The first kappa shape index (κ1) is 29.2. The number of H-pyrrole nitrogens is 1. The zero-order chi connectivity index (χ0) is 31.6. The van der Waals surface area contributed by atoms with Crippen molar-refractivity contribution in [2.45, 2.75) is 25.8 Å². The zero-order valence-corrected chi connectivity index (χ0v) is 25.3. The van der Waals surface area contributed by atoms with E-state index in [9.17, 15) is 14.4 Å². The fraction of sp³-hybridized carbons (Fsp3) is 0.312. The van der Waals surface area contributed by atoms with Crippen LogP contribution in [0, 0.1) is 0 Å². The van der Waals surface area contributed by atoms with Crippen LogP contribution in [0.1, 0.15) is 40.6 Å². The van der Waals surface area contributed by atoms with E-state index in [1.54, 1.807) is 27.6 Å². The molecule has 3 amide bonds. The van der Waals surface area contributed by atoms with Crippen LogP contribution < -0.4 is 20.9 Å². The monoisotopic (exact) mass is 622 g/mol. The van der Waals surface area contributed by atoms with Gasteiger partial charge in [0.2, 0.25) is 23.6 Å². The number of hydrogen-bond acceptors (Lipinski definition) is 9. The minimum absolute atomic E-state index is 0.0348. The Kier molecular flexibility index (Phi) is 7.93. The van der Waals surface area contributed by atoms with E-state index >= 15 is 0 Å². The van der Waals surface area contributed by atoms with Crippen LogP contribution in [-0.4, -0.2) is 92.4 Å². The summed E-state index contributed by atoms with van der Waals surface area (Å²) in [4.78, 5) is 58.9. The number of aromatic nitrogens is 5. The lowest BCUT2D eigenvalue weighted by Crippen LogP contribution is -2.48. The number of piperidine rings is 1. The molecule has 1 atom stereocenters. The van der Waals surface area contributed by atoms with E-state index in [1.807, 2.05) is 47.4 Å². The molecular formula is C32H34N10O4. The molecule has 14 heteroatoms. The van der Waals surface area contributed by atoms with Crippen molar-refractivity contribution >= 4 is 57.8 Å². The van der Waals surface area contributed by atoms with Crippen LogP contribution in [0.5, 0.6) is 0 Å². The molecule has 2 saturated heterocycles. The highest BCUT2D eigenvalue weighted by Gasteiger charge is 2.26. The van der Waals surface area contributed by atoms with E-state index in [4.69, 9.17) is 14.7 Å². The van der Waals surface area contributed by atoms with E-state index in [0.29, 0.717) is 79.8 Å². The Hall–Kier alpha value is -5.50. The van der Waals surface area contributed by atoms with Crippen molar-refractivity contribution in [1.82, 2.24) is 34.6 Å². The number of hydrogen-bond donors (Lipinski definition) is 4. The van der Waals surface area contributed by atoms with Gasteiger partial charge in [0.15, 0.2) is 5.82 Å². The molecule has 46 heavy (non-hydrogen) atoms. The summed E-state index contributed by atoms with van der Waals surface area (Å²) in [5.41, 5.74) is 2.73. The third-order valence-corrected chi connectivity index (χ3v) is 8.13. The highest BCUT2D eigenvalue weighted by molar-refractivity contribution is 5.98. The Morgan fingerprint density at radius 3 is 2.57 bits per heavy atom. The number of carbonyl (C=O) groups excluding carboxylic acids is 3. The third kappa shape index (κ3) is 6.19. The van der Waals surface area contributed by atoms with Gasteiger partial charge in [-0.3, -0.25) is 18.8 Å². The first-order valence-electron chi connectivity index (χ1n) is 15.3. The average Bonchev–Trinajstić information content (AvgIpc) is 3.69. The van der Waals surface area contributed by atoms with Crippen LogP contribution in [0.25, 0.3) is 16.7 Å². The summed E-state index contributed by atoms with van der Waals surface area (Å²) in [5.74, 6) is 1.11. The molecular weight excluding hydrogens is 588 g/mol. The van der Waals surface area contributed by atoms with Gasteiger partial charge in [0, 0.05) is 61.3 Å². The van der Waals surface area contributed by atoms with Crippen molar-refractivity contribution in [3.8, 4) is 0 Å². The number of aromatic amines is 1. The number of para-hydroxylation sites is 1. The average molecular weight is 623 g/mol. The van der Waals surface area contributed by atoms with Gasteiger partial charge in [0.05, 0.1) is 19.4 Å². The molecule has 2 aromatic carbocycles. The highest BCUT2D eigenvalue weighted by atomic mass is 16.5. The fourth-order valence-corrected chi connectivity index (χ4v) is 5.85. The highest BCUT2D eigenvalue weighted by Crippen LogP contribution is 2.24. The van der Waals surface area contributed by atoms with Crippen molar-refractivity contribution < 1.29 is 19.1 Å². The minimum atomic E-state index is -0.254. The van der Waals surface area contributed by atoms with Crippen LogP contribution in [0.15, 0.2) is 60.8 Å². The number of anilines is 4. The second-order valence-electron chi connectivity index (χ2n) is 11.5. The molecule has 0 saturated carbocycles. The minimum Gasteiger partial charge on any atom is -0.378 e. The Balaban J connectivity index is 1.12. The normalized spacial score (nSPS) is 16.8. The Morgan fingerprint density at radius 2 is 1.78 bits per heavy atom. The van der Waals surface area contributed by atoms with E-state index in [-0.39, 0.29) is 23.8 Å². The van der Waals surface area contributed by atoms with E-state index in [1.165, 1.54) is 6.92 Å². The SMILES string of the molecule is CC(=O)Nc1cn2c(Nc3ccc(C(=O)N4CCOCC4)cc3)nc(N3CCCC(NC(=O)c4cc5ccccc5[nH]4)C3)nc2n1. The number of nitrogens with zero attached hydrogens (tertiary/aromatic N) is 6. The maximum Gasteiger partial charge on any atom is 0.268 e. The van der Waals surface area contributed by atoms with Crippen LogP contribution >= 0.6 is 0 Å². The molecule has 3 aromatic heterocycles. The quantitative estimate of drug-likeness (QED) is 0.214. The van der Waals surface area contributed by atoms with Gasteiger partial charge >= 0.3 is 0 Å². The number of morpholine rings is 1. The van der Waals surface area contributed by atoms with Gasteiger partial charge in [-0.15, -0.1) is 0 Å². The summed E-state index contributed by atoms with van der Waals surface area (Å²) in [6.45, 7) is 4.85. The van der Waals surface area contributed by atoms with E-state index in [0.717, 1.165) is 23.7 Å². The smallest absolute Gasteiger partial charge is 0.268 e. The fourth-order valence-electron chi connectivity index (χ4n) is 5.85. The van der Waals surface area contributed by atoms with Crippen LogP contribution in [0.2, 0.25) is 0 Å². The summed E-state index contributed by atoms with van der Waals surface area (Å²) < 4.78 is 7.03. The van der Waals surface area contributed by atoms with Crippen molar-refractivity contribution in [3.63, 3.8) is 0 Å². The molecule has 5 aromatic rings. The standard InChI is InChI=1S/C32H34N10O4/c1-20(43)33-27-19-42-31(35-23-10-8-21(9-11-23)29(45)40-13-15-46-16-14-40)38-30(39-32(42)37-27)41-12-4-6-24(18-41)34-28(44)26-17-22-5-2-3-7-25(22)36-26/h2-3,5,7-11,17,19,24,36H,4,6,12-16,18H2,1H3,(H,33,43)(H,34,44)(H,35,37,38,39). The first-order chi connectivity index (χ1) is 22.4. The van der Waals surface area contributed by atoms with Gasteiger partial charge in [0.1, 0.15) is 5.69 Å². The zero-order valence-electron chi connectivity index (χ0n) is 25.3. The second kappa shape index (κ2) is 12.5. The van der Waals surface area contributed by atoms with Gasteiger partial charge in [-0.05, 0) is 49.2 Å². The summed E-state index contributed by atoms with van der Waals surface area (Å²) >= 11 is 0. The van der Waals surface area contributed by atoms with Crippen LogP contribution in [0.3, 0.4) is 0 Å². The molecule has 14 nitrogen and oxygen atoms in total. The molecule has 236 valence electrons. The molecule has 2 aliphatic heterocycles. The lowest BCUT2D eigenvalue weighted by Gasteiger charge is -2.33. The summed E-state index contributed by atoms with van der Waals surface area (Å²) in [7, 11) is 0. The van der Waals surface area contributed by atoms with Crippen molar-refractivity contribution in [3.05, 3.63) is 72.1 Å².